The van der Waals surface area contributed by atoms with E-state index in [-0.39, 0.29) is 23.5 Å². The lowest BCUT2D eigenvalue weighted by molar-refractivity contribution is -0.120. The molecular weight excluding hydrogens is 353 g/mol. The maximum absolute atomic E-state index is 13.5. The van der Waals surface area contributed by atoms with Crippen molar-refractivity contribution < 1.29 is 9.18 Å². The van der Waals surface area contributed by atoms with Crippen molar-refractivity contribution in [2.45, 2.75) is 23.6 Å². The van der Waals surface area contributed by atoms with Crippen molar-refractivity contribution in [1.82, 2.24) is 5.32 Å². The van der Waals surface area contributed by atoms with Gasteiger partial charge in [0.05, 0.1) is 5.25 Å². The predicted octanol–water partition coefficient (Wildman–Crippen LogP) is 4.39. The molecule has 0 spiro atoms. The molecule has 0 fully saturated rings. The zero-order valence-electron chi connectivity index (χ0n) is 11.5. The topological polar surface area (TPSA) is 29.1 Å². The van der Waals surface area contributed by atoms with Crippen LogP contribution in [-0.2, 0) is 11.3 Å². The number of amides is 1. The van der Waals surface area contributed by atoms with E-state index in [9.17, 15) is 9.18 Å². The fourth-order valence-electron chi connectivity index (χ4n) is 1.74. The van der Waals surface area contributed by atoms with E-state index in [0.29, 0.717) is 5.56 Å². The third-order valence-electron chi connectivity index (χ3n) is 2.91. The molecule has 0 saturated carbocycles. The summed E-state index contributed by atoms with van der Waals surface area (Å²) in [6, 6.07) is 14.2. The quantitative estimate of drug-likeness (QED) is 0.794. The Morgan fingerprint density at radius 2 is 1.90 bits per heavy atom. The molecule has 1 atom stereocenters. The standard InChI is InChI=1S/C16H15BrFNOS/c1-11(21-14-8-6-13(17)7-9-14)16(20)19-10-12-4-2-3-5-15(12)18/h2-9,11H,10H2,1H3,(H,19,20). The molecule has 0 heterocycles. The van der Waals surface area contributed by atoms with Gasteiger partial charge in [0.2, 0.25) is 5.91 Å². The van der Waals surface area contributed by atoms with Crippen LogP contribution < -0.4 is 5.32 Å². The molecule has 1 unspecified atom stereocenters. The lowest BCUT2D eigenvalue weighted by atomic mass is 10.2. The molecule has 2 aromatic rings. The first kappa shape index (κ1) is 16.0. The third-order valence-corrected chi connectivity index (χ3v) is 4.55. The number of hydrogen-bond acceptors (Lipinski definition) is 2. The van der Waals surface area contributed by atoms with Gasteiger partial charge < -0.3 is 5.32 Å². The number of benzene rings is 2. The van der Waals surface area contributed by atoms with E-state index < -0.39 is 0 Å². The van der Waals surface area contributed by atoms with Gasteiger partial charge in [-0.15, -0.1) is 11.8 Å². The largest absolute Gasteiger partial charge is 0.351 e. The van der Waals surface area contributed by atoms with Crippen LogP contribution in [0, 0.1) is 5.82 Å². The first-order valence-corrected chi connectivity index (χ1v) is 8.17. The number of halogens is 2. The molecule has 2 rings (SSSR count). The molecule has 1 amide bonds. The first-order chi connectivity index (χ1) is 10.1. The van der Waals surface area contributed by atoms with Gasteiger partial charge in [-0.1, -0.05) is 34.1 Å². The Hall–Kier alpha value is -1.33. The summed E-state index contributed by atoms with van der Waals surface area (Å²) in [7, 11) is 0. The van der Waals surface area contributed by atoms with E-state index >= 15 is 0 Å². The Bertz CT molecular complexity index is 618. The Morgan fingerprint density at radius 1 is 1.24 bits per heavy atom. The van der Waals surface area contributed by atoms with Crippen molar-refractivity contribution >= 4 is 33.6 Å². The summed E-state index contributed by atoms with van der Waals surface area (Å²) in [5.74, 6) is -0.405. The fourth-order valence-corrected chi connectivity index (χ4v) is 2.89. The lowest BCUT2D eigenvalue weighted by Gasteiger charge is -2.12. The zero-order chi connectivity index (χ0) is 15.2. The third kappa shape index (κ3) is 4.86. The molecule has 0 aromatic heterocycles. The minimum Gasteiger partial charge on any atom is -0.351 e. The van der Waals surface area contributed by atoms with E-state index in [2.05, 4.69) is 21.2 Å². The van der Waals surface area contributed by atoms with Crippen molar-refractivity contribution in [2.24, 2.45) is 0 Å². The van der Waals surface area contributed by atoms with Crippen LogP contribution in [-0.4, -0.2) is 11.2 Å². The van der Waals surface area contributed by atoms with Gasteiger partial charge in [-0.05, 0) is 37.3 Å². The SMILES string of the molecule is CC(Sc1ccc(Br)cc1)C(=O)NCc1ccccc1F. The van der Waals surface area contributed by atoms with Crippen LogP contribution in [0.3, 0.4) is 0 Å². The van der Waals surface area contributed by atoms with Gasteiger partial charge in [0.1, 0.15) is 5.82 Å². The monoisotopic (exact) mass is 367 g/mol. The van der Waals surface area contributed by atoms with Gasteiger partial charge in [0.15, 0.2) is 0 Å². The molecule has 21 heavy (non-hydrogen) atoms. The average molecular weight is 368 g/mol. The van der Waals surface area contributed by atoms with Crippen molar-refractivity contribution in [3.63, 3.8) is 0 Å². The minimum absolute atomic E-state index is 0.105. The fraction of sp³-hybridized carbons (Fsp3) is 0.188. The van der Waals surface area contributed by atoms with E-state index in [4.69, 9.17) is 0 Å². The van der Waals surface area contributed by atoms with Gasteiger partial charge in [0, 0.05) is 21.5 Å². The van der Waals surface area contributed by atoms with Crippen LogP contribution in [0.5, 0.6) is 0 Å². The van der Waals surface area contributed by atoms with Crippen LogP contribution in [0.1, 0.15) is 12.5 Å². The number of thioether (sulfide) groups is 1. The van der Waals surface area contributed by atoms with Crippen molar-refractivity contribution in [3.8, 4) is 0 Å². The summed E-state index contributed by atoms with van der Waals surface area (Å²) in [6.07, 6.45) is 0. The van der Waals surface area contributed by atoms with Gasteiger partial charge in [-0.2, -0.15) is 0 Å². The Morgan fingerprint density at radius 3 is 2.57 bits per heavy atom. The molecular formula is C16H15BrFNOS. The summed E-state index contributed by atoms with van der Waals surface area (Å²) in [5, 5.41) is 2.52. The van der Waals surface area contributed by atoms with E-state index in [0.717, 1.165) is 9.37 Å². The predicted molar refractivity (Wildman–Crippen MR) is 87.7 cm³/mol. The first-order valence-electron chi connectivity index (χ1n) is 6.49. The number of rotatable bonds is 5. The summed E-state index contributed by atoms with van der Waals surface area (Å²) < 4.78 is 14.5. The Balaban J connectivity index is 1.88. The molecule has 5 heteroatoms. The lowest BCUT2D eigenvalue weighted by Crippen LogP contribution is -2.30. The number of carbonyl (C=O) groups excluding carboxylic acids is 1. The summed E-state index contributed by atoms with van der Waals surface area (Å²) in [6.45, 7) is 2.04. The molecule has 0 aliphatic carbocycles. The molecule has 0 aliphatic rings. The smallest absolute Gasteiger partial charge is 0.233 e. The van der Waals surface area contributed by atoms with Crippen molar-refractivity contribution in [2.75, 3.05) is 0 Å². The second-order valence-corrected chi connectivity index (χ2v) is 6.85. The molecule has 0 aliphatic heterocycles. The highest BCUT2D eigenvalue weighted by Crippen LogP contribution is 2.24. The summed E-state index contributed by atoms with van der Waals surface area (Å²) in [5.41, 5.74) is 0.492. The van der Waals surface area contributed by atoms with Gasteiger partial charge in [-0.25, -0.2) is 4.39 Å². The van der Waals surface area contributed by atoms with Gasteiger partial charge >= 0.3 is 0 Å². The Labute approximate surface area is 136 Å². The number of hydrogen-bond donors (Lipinski definition) is 1. The maximum atomic E-state index is 13.5. The summed E-state index contributed by atoms with van der Waals surface area (Å²) >= 11 is 4.85. The van der Waals surface area contributed by atoms with Crippen LogP contribution in [0.25, 0.3) is 0 Å². The van der Waals surface area contributed by atoms with E-state index in [1.165, 1.54) is 17.8 Å². The number of carbonyl (C=O) groups is 1. The van der Waals surface area contributed by atoms with Crippen LogP contribution in [0.15, 0.2) is 57.9 Å². The highest BCUT2D eigenvalue weighted by atomic mass is 79.9. The second kappa shape index (κ2) is 7.61. The van der Waals surface area contributed by atoms with Crippen LogP contribution >= 0.6 is 27.7 Å². The van der Waals surface area contributed by atoms with Crippen LogP contribution in [0.4, 0.5) is 4.39 Å². The average Bonchev–Trinajstić information content (AvgIpc) is 2.48. The van der Waals surface area contributed by atoms with E-state index in [1.807, 2.05) is 31.2 Å². The molecule has 2 nitrogen and oxygen atoms in total. The number of nitrogens with one attached hydrogen (secondary N) is 1. The second-order valence-electron chi connectivity index (χ2n) is 4.52. The molecule has 0 saturated heterocycles. The normalized spacial score (nSPS) is 12.0. The van der Waals surface area contributed by atoms with Crippen LogP contribution in [0.2, 0.25) is 0 Å². The molecule has 0 radical (unpaired) electrons. The molecule has 1 N–H and O–H groups in total. The molecule has 2 aromatic carbocycles. The van der Waals surface area contributed by atoms with Gasteiger partial charge in [0.25, 0.3) is 0 Å². The molecule has 110 valence electrons. The highest BCUT2D eigenvalue weighted by Gasteiger charge is 2.14. The highest BCUT2D eigenvalue weighted by molar-refractivity contribution is 9.10. The minimum atomic E-state index is -0.300. The molecule has 0 bridgehead atoms. The van der Waals surface area contributed by atoms with Crippen molar-refractivity contribution in [1.29, 1.82) is 0 Å². The summed E-state index contributed by atoms with van der Waals surface area (Å²) in [4.78, 5) is 13.1. The van der Waals surface area contributed by atoms with E-state index in [1.54, 1.807) is 18.2 Å². The Kier molecular flexibility index (Phi) is 5.82. The maximum Gasteiger partial charge on any atom is 0.233 e. The zero-order valence-corrected chi connectivity index (χ0v) is 13.9. The van der Waals surface area contributed by atoms with Crippen molar-refractivity contribution in [3.05, 3.63) is 64.4 Å². The van der Waals surface area contributed by atoms with Gasteiger partial charge in [-0.3, -0.25) is 4.79 Å².